The van der Waals surface area contributed by atoms with Crippen LogP contribution >= 0.6 is 0 Å². The van der Waals surface area contributed by atoms with Gasteiger partial charge in [0.15, 0.2) is 0 Å². The predicted octanol–water partition coefficient (Wildman–Crippen LogP) is 4.01. The van der Waals surface area contributed by atoms with Crippen LogP contribution in [0, 0.1) is 17.8 Å². The molecule has 6 atom stereocenters. The summed E-state index contributed by atoms with van der Waals surface area (Å²) < 4.78 is 11.4. The molecule has 1 N–H and O–H groups in total. The minimum absolute atomic E-state index is 0.0449. The molecule has 4 unspecified atom stereocenters. The normalized spacial score (nSPS) is 38.8. The molecule has 1 aromatic rings. The summed E-state index contributed by atoms with van der Waals surface area (Å²) in [5.74, 6) is 0.768. The van der Waals surface area contributed by atoms with Crippen molar-refractivity contribution in [3.8, 4) is 0 Å². The molecule has 5 rings (SSSR count). The molecule has 4 fully saturated rings. The SMILES string of the molecule is COCCOC12CC3CC(C1)C([C@@H](N=[N+]=[N-])c1ccccc1)[C@](O)(C3)C2. The molecule has 0 heterocycles. The highest BCUT2D eigenvalue weighted by Crippen LogP contribution is 2.64. The number of hydrogen-bond donors (Lipinski definition) is 1. The zero-order valence-corrected chi connectivity index (χ0v) is 15.3. The first kappa shape index (κ1) is 17.8. The van der Waals surface area contributed by atoms with Crippen molar-refractivity contribution in [3.63, 3.8) is 0 Å². The van der Waals surface area contributed by atoms with Gasteiger partial charge in [-0.3, -0.25) is 0 Å². The molecular weight excluding hydrogens is 330 g/mol. The zero-order valence-electron chi connectivity index (χ0n) is 15.3. The highest BCUT2D eigenvalue weighted by atomic mass is 16.5. The second-order valence-corrected chi connectivity index (χ2v) is 8.37. The van der Waals surface area contributed by atoms with E-state index in [1.165, 1.54) is 0 Å². The van der Waals surface area contributed by atoms with Gasteiger partial charge in [0.05, 0.1) is 30.5 Å². The molecule has 4 saturated carbocycles. The van der Waals surface area contributed by atoms with Gasteiger partial charge in [-0.1, -0.05) is 35.4 Å². The lowest BCUT2D eigenvalue weighted by molar-refractivity contribution is -0.253. The first-order valence-corrected chi connectivity index (χ1v) is 9.54. The van der Waals surface area contributed by atoms with Crippen LogP contribution in [0.15, 0.2) is 35.4 Å². The number of rotatable bonds is 7. The molecule has 6 nitrogen and oxygen atoms in total. The lowest BCUT2D eigenvalue weighted by atomic mass is 9.46. The van der Waals surface area contributed by atoms with Crippen LogP contribution < -0.4 is 0 Å². The van der Waals surface area contributed by atoms with E-state index in [0.717, 1.165) is 31.2 Å². The van der Waals surface area contributed by atoms with Crippen LogP contribution in [0.5, 0.6) is 0 Å². The van der Waals surface area contributed by atoms with Gasteiger partial charge in [-0.25, -0.2) is 0 Å². The average molecular weight is 357 g/mol. The quantitative estimate of drug-likeness (QED) is 0.346. The van der Waals surface area contributed by atoms with E-state index in [0.29, 0.717) is 31.5 Å². The third kappa shape index (κ3) is 3.01. The van der Waals surface area contributed by atoms with Gasteiger partial charge >= 0.3 is 0 Å². The Morgan fingerprint density at radius 2 is 2.08 bits per heavy atom. The van der Waals surface area contributed by atoms with E-state index < -0.39 is 5.60 Å². The third-order valence-corrected chi connectivity index (χ3v) is 6.68. The van der Waals surface area contributed by atoms with Crippen molar-refractivity contribution in [1.82, 2.24) is 0 Å². The molecule has 0 aliphatic heterocycles. The maximum absolute atomic E-state index is 11.6. The van der Waals surface area contributed by atoms with E-state index in [4.69, 9.17) is 15.0 Å². The largest absolute Gasteiger partial charge is 0.389 e. The molecule has 6 heteroatoms. The summed E-state index contributed by atoms with van der Waals surface area (Å²) in [6.07, 6.45) is 4.47. The van der Waals surface area contributed by atoms with E-state index in [2.05, 4.69) is 10.0 Å². The number of ether oxygens (including phenoxy) is 2. The van der Waals surface area contributed by atoms with Crippen molar-refractivity contribution in [2.45, 2.75) is 49.3 Å². The van der Waals surface area contributed by atoms with Crippen molar-refractivity contribution in [3.05, 3.63) is 46.3 Å². The fourth-order valence-electron chi connectivity index (χ4n) is 6.19. The number of nitrogens with zero attached hydrogens (tertiary/aromatic N) is 3. The topological polar surface area (TPSA) is 87.5 Å². The first-order chi connectivity index (χ1) is 12.6. The second-order valence-electron chi connectivity index (χ2n) is 8.37. The molecule has 1 aromatic carbocycles. The monoisotopic (exact) mass is 357 g/mol. The highest BCUT2D eigenvalue weighted by Gasteiger charge is 2.64. The molecule has 0 saturated heterocycles. The van der Waals surface area contributed by atoms with E-state index >= 15 is 0 Å². The summed E-state index contributed by atoms with van der Waals surface area (Å²) in [6.45, 7) is 1.14. The minimum Gasteiger partial charge on any atom is -0.389 e. The third-order valence-electron chi connectivity index (χ3n) is 6.68. The van der Waals surface area contributed by atoms with Crippen LogP contribution in [0.1, 0.15) is 43.7 Å². The molecular formula is C20H27N3O3. The van der Waals surface area contributed by atoms with Crippen LogP contribution in [0.25, 0.3) is 10.4 Å². The van der Waals surface area contributed by atoms with Crippen LogP contribution in [0.2, 0.25) is 0 Å². The van der Waals surface area contributed by atoms with E-state index in [9.17, 15) is 5.11 Å². The summed E-state index contributed by atoms with van der Waals surface area (Å²) in [6, 6.07) is 9.56. The van der Waals surface area contributed by atoms with Crippen molar-refractivity contribution in [2.75, 3.05) is 20.3 Å². The fraction of sp³-hybridized carbons (Fsp3) is 0.700. The fourth-order valence-corrected chi connectivity index (χ4v) is 6.19. The number of hydrogen-bond acceptors (Lipinski definition) is 4. The van der Waals surface area contributed by atoms with Gasteiger partial charge in [-0.05, 0) is 48.6 Å². The highest BCUT2D eigenvalue weighted by molar-refractivity contribution is 5.25. The standard InChI is InChI=1S/C20H27N3O3/c1-25-7-8-26-19-10-14-9-16(12-19)17(20(24,11-14)13-19)18(22-23-21)15-5-3-2-4-6-15/h2-6,14,16-18,24H,7-13H2,1H3/t14?,16?,17?,18-,19?,20-/m0/s1. The predicted molar refractivity (Wildman–Crippen MR) is 97.4 cm³/mol. The summed E-state index contributed by atoms with van der Waals surface area (Å²) in [4.78, 5) is 3.12. The Labute approximate surface area is 154 Å². The van der Waals surface area contributed by atoms with Crippen LogP contribution in [0.4, 0.5) is 0 Å². The molecule has 140 valence electrons. The number of azide groups is 1. The Bertz CT molecular complexity index is 693. The Morgan fingerprint density at radius 1 is 1.27 bits per heavy atom. The number of aliphatic hydroxyl groups is 1. The van der Waals surface area contributed by atoms with Gasteiger partial charge in [-0.15, -0.1) is 0 Å². The lowest BCUT2D eigenvalue weighted by Crippen LogP contribution is -2.65. The molecule has 26 heavy (non-hydrogen) atoms. The Balaban J connectivity index is 1.64. The lowest BCUT2D eigenvalue weighted by Gasteiger charge is -2.64. The number of methoxy groups -OCH3 is 1. The van der Waals surface area contributed by atoms with E-state index in [-0.39, 0.29) is 17.6 Å². The molecule has 0 aromatic heterocycles. The van der Waals surface area contributed by atoms with Crippen LogP contribution in [-0.2, 0) is 9.47 Å². The molecule has 4 aliphatic carbocycles. The van der Waals surface area contributed by atoms with Crippen molar-refractivity contribution in [2.24, 2.45) is 22.9 Å². The van der Waals surface area contributed by atoms with Gasteiger partial charge in [0.25, 0.3) is 0 Å². The first-order valence-electron chi connectivity index (χ1n) is 9.54. The summed E-state index contributed by atoms with van der Waals surface area (Å²) in [5.41, 5.74) is 9.09. The maximum atomic E-state index is 11.6. The number of benzene rings is 1. The van der Waals surface area contributed by atoms with Gasteiger partial charge in [0, 0.05) is 24.4 Å². The van der Waals surface area contributed by atoms with Gasteiger partial charge in [0.1, 0.15) is 0 Å². The van der Waals surface area contributed by atoms with Gasteiger partial charge in [-0.2, -0.15) is 0 Å². The van der Waals surface area contributed by atoms with Crippen LogP contribution in [0.3, 0.4) is 0 Å². The molecule has 0 amide bonds. The molecule has 0 radical (unpaired) electrons. The Kier molecular flexibility index (Phi) is 4.70. The zero-order chi connectivity index (χ0) is 18.2. The Morgan fingerprint density at radius 3 is 2.77 bits per heavy atom. The van der Waals surface area contributed by atoms with Crippen molar-refractivity contribution < 1.29 is 14.6 Å². The van der Waals surface area contributed by atoms with Crippen molar-refractivity contribution in [1.29, 1.82) is 0 Å². The van der Waals surface area contributed by atoms with Gasteiger partial charge < -0.3 is 14.6 Å². The van der Waals surface area contributed by atoms with E-state index in [1.807, 2.05) is 30.3 Å². The van der Waals surface area contributed by atoms with Gasteiger partial charge in [0.2, 0.25) is 0 Å². The smallest absolute Gasteiger partial charge is 0.0716 e. The van der Waals surface area contributed by atoms with Crippen molar-refractivity contribution >= 4 is 0 Å². The second kappa shape index (κ2) is 6.86. The summed E-state index contributed by atoms with van der Waals surface area (Å²) in [5, 5.41) is 15.8. The maximum Gasteiger partial charge on any atom is 0.0716 e. The molecule has 4 aliphatic rings. The molecule has 4 bridgehead atoms. The average Bonchev–Trinajstić information content (AvgIpc) is 2.60. The molecule has 0 spiro atoms. The van der Waals surface area contributed by atoms with Crippen LogP contribution in [-0.4, -0.2) is 36.6 Å². The summed E-state index contributed by atoms with van der Waals surface area (Å²) >= 11 is 0. The minimum atomic E-state index is -0.828. The van der Waals surface area contributed by atoms with E-state index in [1.54, 1.807) is 7.11 Å². The Hall–Kier alpha value is -1.59. The summed E-state index contributed by atoms with van der Waals surface area (Å²) in [7, 11) is 1.68.